The summed E-state index contributed by atoms with van der Waals surface area (Å²) in [6.45, 7) is -11.3. The van der Waals surface area contributed by atoms with Crippen LogP contribution in [0, 0.1) is 58.7 Å². The number of nitrogens with zero attached hydrogens (tertiary/aromatic N) is 3. The van der Waals surface area contributed by atoms with Gasteiger partial charge in [0.25, 0.3) is 0 Å². The summed E-state index contributed by atoms with van der Waals surface area (Å²) in [6, 6.07) is 17.3. The molecule has 4 heterocycles. The molecule has 7 aromatic rings. The van der Waals surface area contributed by atoms with E-state index in [1.807, 2.05) is 20.8 Å². The molecule has 0 aliphatic rings. The van der Waals surface area contributed by atoms with Crippen molar-refractivity contribution in [3.8, 4) is 22.5 Å². The summed E-state index contributed by atoms with van der Waals surface area (Å²) < 4.78 is 164. The Balaban J connectivity index is 0.000000281. The molecule has 231 valence electrons. The molecule has 7 rings (SSSR count). The average Bonchev–Trinajstić information content (AvgIpc) is 3.53. The fourth-order valence-corrected chi connectivity index (χ4v) is 4.93. The molecule has 0 bridgehead atoms. The topological polar surface area (TPSA) is 51.8 Å². The minimum absolute atomic E-state index is 0. The molecule has 0 fully saturated rings. The number of hydrogen-bond donors (Lipinski definition) is 0. The van der Waals surface area contributed by atoms with Crippen LogP contribution in [0.5, 0.6) is 0 Å². The monoisotopic (exact) mass is 790 g/mol. The summed E-state index contributed by atoms with van der Waals surface area (Å²) in [7, 11) is 0. The minimum atomic E-state index is -3.11. The van der Waals surface area contributed by atoms with Gasteiger partial charge in [-0.2, -0.15) is 0 Å². The normalized spacial score (nSPS) is 20.2. The molecule has 4 aromatic heterocycles. The average molecular weight is 790 g/mol. The van der Waals surface area contributed by atoms with Crippen LogP contribution in [0.3, 0.4) is 0 Å². The Morgan fingerprint density at radius 3 is 2.29 bits per heavy atom. The number of rotatable bonds is 3. The maximum atomic E-state index is 8.34. The van der Waals surface area contributed by atoms with Crippen molar-refractivity contribution in [2.45, 2.75) is 68.3 Å². The van der Waals surface area contributed by atoms with Crippen molar-refractivity contribution in [3.05, 3.63) is 112 Å². The van der Waals surface area contributed by atoms with Crippen LogP contribution in [-0.4, -0.2) is 15.0 Å². The van der Waals surface area contributed by atoms with Gasteiger partial charge in [0, 0.05) is 77.1 Å². The van der Waals surface area contributed by atoms with Crippen LogP contribution in [0.15, 0.2) is 65.3 Å². The predicted molar refractivity (Wildman–Crippen MR) is 182 cm³/mol. The van der Waals surface area contributed by atoms with E-state index in [9.17, 15) is 0 Å². The Hall–Kier alpha value is -3.92. The van der Waals surface area contributed by atoms with Gasteiger partial charge in [-0.25, -0.2) is 0 Å². The maximum absolute atomic E-state index is 8.34. The van der Waals surface area contributed by atoms with E-state index < -0.39 is 80.8 Å². The molecule has 3 aromatic carbocycles. The molecule has 0 spiro atoms. The van der Waals surface area contributed by atoms with Crippen LogP contribution in [-0.2, 0) is 26.5 Å². The molecule has 0 atom stereocenters. The molecule has 0 N–H and O–H groups in total. The first kappa shape index (κ1) is 15.6. The third-order valence-corrected chi connectivity index (χ3v) is 6.82. The van der Waals surface area contributed by atoms with Crippen LogP contribution in [0.25, 0.3) is 55.4 Å². The van der Waals surface area contributed by atoms with Gasteiger partial charge >= 0.3 is 0 Å². The predicted octanol–water partition coefficient (Wildman–Crippen LogP) is 10.4. The van der Waals surface area contributed by atoms with Gasteiger partial charge < -0.3 is 14.4 Å². The van der Waals surface area contributed by atoms with Gasteiger partial charge in [0.2, 0.25) is 0 Å². The van der Waals surface area contributed by atoms with Crippen molar-refractivity contribution in [3.63, 3.8) is 0 Å². The number of pyridine rings is 3. The number of aryl methyl sites for hydroxylation is 6. The molecule has 0 unspecified atom stereocenters. The third kappa shape index (κ3) is 6.43. The van der Waals surface area contributed by atoms with E-state index in [2.05, 4.69) is 27.1 Å². The largest absolute Gasteiger partial charge is 0.500 e. The molecule has 5 heteroatoms. The van der Waals surface area contributed by atoms with Gasteiger partial charge in [-0.05, 0) is 79.5 Å². The summed E-state index contributed by atoms with van der Waals surface area (Å²) in [5.41, 5.74) is -2.10. The zero-order valence-electron chi connectivity index (χ0n) is 44.4. The molecule has 0 saturated carbocycles. The molecule has 45 heavy (non-hydrogen) atoms. The Bertz CT molecular complexity index is 2840. The van der Waals surface area contributed by atoms with Gasteiger partial charge in [0.1, 0.15) is 5.58 Å². The Kier molecular flexibility index (Phi) is 4.32. The quantitative estimate of drug-likeness (QED) is 0.132. The van der Waals surface area contributed by atoms with E-state index in [-0.39, 0.29) is 69.8 Å². The van der Waals surface area contributed by atoms with Crippen molar-refractivity contribution in [2.75, 3.05) is 0 Å². The Morgan fingerprint density at radius 1 is 0.778 bits per heavy atom. The van der Waals surface area contributed by atoms with E-state index in [0.717, 1.165) is 18.3 Å². The molecule has 0 amide bonds. The number of furan rings is 1. The Morgan fingerprint density at radius 2 is 1.62 bits per heavy atom. The molecule has 0 aliphatic carbocycles. The molecule has 4 nitrogen and oxygen atoms in total. The standard InChI is InChI=1S/C23H19N2O.C17H20N.Ir/c1-11-8-17(24-10-12(11)2)16-6-7-18-21-20(16)14(4)15(5)23-22(21)19(26-18)9-13(3)25-23;1-13-5-8-15(9-6-13)16-10-7-14(12-18-16)11-17(2,3)4;/h7-10H,1-5H3;5-8,10,12H,11H2,1-4H3;/q2*-1;/i1D3,2D3,3D3,4D3,5D3;1D3,11D2;. The molecule has 1 radical (unpaired) electrons. The van der Waals surface area contributed by atoms with Gasteiger partial charge in [0.05, 0.1) is 11.1 Å². The SMILES string of the molecule is [2H]C([2H])([2H])c1c[c-]c(-c2ccc(C([2H])([2H])C(C)(C)C)cn2)cc1.[2H]C([2H])([2H])c1cc2oc3c[c-]c(-c4cc(C([2H])([2H])[2H])c(C([2H])([2H])[2H])cn4)c4c(C([2H])([2H])[2H])c(C([2H])([2H])[2H])c(n1)c2c34.[Ir]. The van der Waals surface area contributed by atoms with Gasteiger partial charge in [-0.3, -0.25) is 4.98 Å². The smallest absolute Gasteiger partial charge is 0.124 e. The second-order valence-electron chi connectivity index (χ2n) is 11.3. The van der Waals surface area contributed by atoms with Crippen LogP contribution < -0.4 is 0 Å². The van der Waals surface area contributed by atoms with Crippen molar-refractivity contribution < 1.29 is 51.9 Å². The maximum Gasteiger partial charge on any atom is 0.124 e. The first-order valence-electron chi connectivity index (χ1n) is 23.5. The molecule has 0 saturated heterocycles. The number of benzene rings is 3. The van der Waals surface area contributed by atoms with E-state index in [0.29, 0.717) is 16.8 Å². The zero-order valence-corrected chi connectivity index (χ0v) is 26.8. The third-order valence-electron chi connectivity index (χ3n) is 6.82. The van der Waals surface area contributed by atoms with E-state index in [1.165, 1.54) is 18.3 Å². The summed E-state index contributed by atoms with van der Waals surface area (Å²) in [5, 5.41) is -0.0222. The van der Waals surface area contributed by atoms with Gasteiger partial charge in [-0.15, -0.1) is 53.1 Å². The van der Waals surface area contributed by atoms with Crippen molar-refractivity contribution in [1.82, 2.24) is 15.0 Å². The van der Waals surface area contributed by atoms with Crippen LogP contribution in [0.1, 0.15) is 87.3 Å². The Labute approximate surface area is 308 Å². The fourth-order valence-electron chi connectivity index (χ4n) is 4.93. The number of aromatic nitrogens is 3. The molecular weight excluding hydrogens is 731 g/mol. The van der Waals surface area contributed by atoms with E-state index >= 15 is 0 Å². The van der Waals surface area contributed by atoms with Crippen molar-refractivity contribution >= 4 is 32.8 Å². The first-order chi connectivity index (χ1) is 28.9. The van der Waals surface area contributed by atoms with Crippen molar-refractivity contribution in [2.24, 2.45) is 5.41 Å². The second-order valence-corrected chi connectivity index (χ2v) is 11.3. The summed E-state index contributed by atoms with van der Waals surface area (Å²) in [6.07, 6.45) is 0.906. The van der Waals surface area contributed by atoms with Crippen LogP contribution in [0.4, 0.5) is 0 Å². The van der Waals surface area contributed by atoms with Gasteiger partial charge in [-0.1, -0.05) is 62.3 Å². The summed E-state index contributed by atoms with van der Waals surface area (Å²) >= 11 is 0. The second kappa shape index (κ2) is 12.5. The van der Waals surface area contributed by atoms with E-state index in [1.54, 1.807) is 24.3 Å². The van der Waals surface area contributed by atoms with Crippen molar-refractivity contribution in [1.29, 1.82) is 0 Å². The fraction of sp³-hybridized carbons (Fsp3) is 0.275. The van der Waals surface area contributed by atoms with Crippen LogP contribution >= 0.6 is 0 Å². The first-order valence-corrected chi connectivity index (χ1v) is 13.5. The molecule has 0 aliphatic heterocycles. The molecular formula is C40H39IrN3O-2. The van der Waals surface area contributed by atoms with Crippen LogP contribution in [0.2, 0.25) is 0 Å². The summed E-state index contributed by atoms with van der Waals surface area (Å²) in [4.78, 5) is 12.5. The number of hydrogen-bond acceptors (Lipinski definition) is 4. The minimum Gasteiger partial charge on any atom is -0.500 e. The zero-order chi connectivity index (χ0) is 48.1. The van der Waals surface area contributed by atoms with E-state index in [4.69, 9.17) is 31.8 Å². The van der Waals surface area contributed by atoms with Gasteiger partial charge in [0.15, 0.2) is 0 Å². The summed E-state index contributed by atoms with van der Waals surface area (Å²) in [5.74, 6) is 0.